The third-order valence-corrected chi connectivity index (χ3v) is 9.93. The van der Waals surface area contributed by atoms with Crippen molar-refractivity contribution in [3.8, 4) is 5.75 Å². The van der Waals surface area contributed by atoms with Crippen LogP contribution in [0, 0.1) is 0 Å². The van der Waals surface area contributed by atoms with E-state index in [-0.39, 0.29) is 11.8 Å². The van der Waals surface area contributed by atoms with Crippen LogP contribution in [0.1, 0.15) is 67.9 Å². The first kappa shape index (κ1) is 27.8. The molecule has 7 rings (SSSR count). The lowest BCUT2D eigenvalue weighted by Gasteiger charge is -2.37. The molecule has 42 heavy (non-hydrogen) atoms. The van der Waals surface area contributed by atoms with Crippen molar-refractivity contribution in [3.63, 3.8) is 0 Å². The average molecular weight is 574 g/mol. The summed E-state index contributed by atoms with van der Waals surface area (Å²) in [7, 11) is 0. The van der Waals surface area contributed by atoms with Gasteiger partial charge >= 0.3 is 0 Å². The van der Waals surface area contributed by atoms with Gasteiger partial charge < -0.3 is 14.7 Å². The highest BCUT2D eigenvalue weighted by molar-refractivity contribution is 6.00. The number of aliphatic hydroxyl groups is 1. The lowest BCUT2D eigenvalue weighted by molar-refractivity contribution is -0.141. The lowest BCUT2D eigenvalue weighted by Crippen LogP contribution is -2.51. The molecule has 2 unspecified atom stereocenters. The van der Waals surface area contributed by atoms with Crippen LogP contribution >= 0.6 is 0 Å². The van der Waals surface area contributed by atoms with Crippen molar-refractivity contribution < 1.29 is 19.4 Å². The van der Waals surface area contributed by atoms with Crippen LogP contribution in [0.15, 0.2) is 42.5 Å². The van der Waals surface area contributed by atoms with E-state index < -0.39 is 12.3 Å². The Hall–Kier alpha value is -2.98. The topological polar surface area (TPSA) is 88.6 Å². The second-order valence-electron chi connectivity index (χ2n) is 12.7. The molecule has 224 valence electrons. The fourth-order valence-corrected chi connectivity index (χ4v) is 7.28. The molecule has 2 aromatic carbocycles. The molecule has 9 nitrogen and oxygen atoms in total. The van der Waals surface area contributed by atoms with Gasteiger partial charge in [-0.25, -0.2) is 0 Å². The zero-order valence-corrected chi connectivity index (χ0v) is 24.4. The Kier molecular flexibility index (Phi) is 7.92. The van der Waals surface area contributed by atoms with Crippen LogP contribution in [-0.2, 0) is 22.7 Å². The zero-order valence-electron chi connectivity index (χ0n) is 24.4. The minimum Gasteiger partial charge on any atom is -0.492 e. The lowest BCUT2D eigenvalue weighted by atomic mass is 10.0. The van der Waals surface area contributed by atoms with Crippen molar-refractivity contribution in [2.45, 2.75) is 82.4 Å². The number of benzene rings is 2. The number of nitrogens with zero attached hydrogens (tertiary/aromatic N) is 4. The molecule has 0 bridgehead atoms. The highest BCUT2D eigenvalue weighted by Gasteiger charge is 2.40. The first-order chi connectivity index (χ1) is 20.5. The van der Waals surface area contributed by atoms with E-state index in [0.29, 0.717) is 32.0 Å². The van der Waals surface area contributed by atoms with Gasteiger partial charge in [-0.3, -0.25) is 29.6 Å². The summed E-state index contributed by atoms with van der Waals surface area (Å²) in [5, 5.41) is 13.3. The standard InChI is InChI=1S/C33H43N5O4/c39-31-13-12-30(32(40)34-31)38-21-24-19-28(10-11-29(24)33(38)41)42-22-27-3-1-2-14-37(27)20-23-4-6-25(7-5-23)35-15-17-36(18-16-35)26-8-9-26/h4-7,10-11,19,26-27,30,33,41H,1-3,8-9,12-18,20-22H2,(H,34,39,40)/t27-,30?,33?/m1/s1. The Morgan fingerprint density at radius 3 is 2.48 bits per heavy atom. The van der Waals surface area contributed by atoms with E-state index in [1.54, 1.807) is 4.90 Å². The number of carbonyl (C=O) groups excluding carboxylic acids is 2. The highest BCUT2D eigenvalue weighted by Crippen LogP contribution is 2.37. The van der Waals surface area contributed by atoms with Crippen molar-refractivity contribution in [3.05, 3.63) is 59.2 Å². The molecule has 9 heteroatoms. The molecule has 2 N–H and O–H groups in total. The van der Waals surface area contributed by atoms with Crippen molar-refractivity contribution in [1.82, 2.24) is 20.0 Å². The number of hydrogen-bond acceptors (Lipinski definition) is 8. The van der Waals surface area contributed by atoms with Gasteiger partial charge in [0.05, 0.1) is 6.04 Å². The smallest absolute Gasteiger partial charge is 0.244 e. The van der Waals surface area contributed by atoms with Crippen LogP contribution in [0.3, 0.4) is 0 Å². The number of hydrogen-bond donors (Lipinski definition) is 2. The Morgan fingerprint density at radius 1 is 0.905 bits per heavy atom. The maximum atomic E-state index is 12.4. The number of likely N-dealkylation sites (tertiary alicyclic amines) is 1. The number of rotatable bonds is 8. The summed E-state index contributed by atoms with van der Waals surface area (Å²) in [5.41, 5.74) is 4.46. The molecule has 2 amide bonds. The van der Waals surface area contributed by atoms with Gasteiger partial charge in [-0.05, 0) is 74.0 Å². The van der Waals surface area contributed by atoms with Crippen molar-refractivity contribution in [2.24, 2.45) is 0 Å². The van der Waals surface area contributed by atoms with Gasteiger partial charge in [-0.2, -0.15) is 0 Å². The highest BCUT2D eigenvalue weighted by atomic mass is 16.5. The van der Waals surface area contributed by atoms with E-state index in [1.165, 1.54) is 50.0 Å². The van der Waals surface area contributed by atoms with Gasteiger partial charge in [0.2, 0.25) is 11.8 Å². The Morgan fingerprint density at radius 2 is 1.71 bits per heavy atom. The summed E-state index contributed by atoms with van der Waals surface area (Å²) in [6, 6.07) is 15.8. The number of anilines is 1. The number of piperidine rings is 2. The summed E-state index contributed by atoms with van der Waals surface area (Å²) >= 11 is 0. The number of carbonyl (C=O) groups is 2. The van der Waals surface area contributed by atoms with Gasteiger partial charge in [0, 0.05) is 69.0 Å². The minimum atomic E-state index is -0.856. The first-order valence-electron chi connectivity index (χ1n) is 15.9. The molecule has 5 aliphatic rings. The van der Waals surface area contributed by atoms with Gasteiger partial charge in [0.25, 0.3) is 0 Å². The van der Waals surface area contributed by atoms with Gasteiger partial charge in [-0.15, -0.1) is 0 Å². The monoisotopic (exact) mass is 573 g/mol. The van der Waals surface area contributed by atoms with E-state index in [0.717, 1.165) is 55.5 Å². The van der Waals surface area contributed by atoms with Gasteiger partial charge in [0.1, 0.15) is 18.6 Å². The predicted molar refractivity (Wildman–Crippen MR) is 160 cm³/mol. The SMILES string of the molecule is O=C1CCC(N2Cc3cc(OC[C@H]4CCCCN4Cc4ccc(N5CCN(C6CC6)CC5)cc4)ccc3C2O)C(=O)N1. The summed E-state index contributed by atoms with van der Waals surface area (Å²) in [6.07, 6.45) is 6.20. The van der Waals surface area contributed by atoms with Crippen molar-refractivity contribution in [2.75, 3.05) is 44.2 Å². The van der Waals surface area contributed by atoms with Crippen molar-refractivity contribution in [1.29, 1.82) is 0 Å². The van der Waals surface area contributed by atoms with Crippen LogP contribution < -0.4 is 15.0 Å². The third-order valence-electron chi connectivity index (χ3n) is 9.93. The molecule has 0 aromatic heterocycles. The molecule has 0 spiro atoms. The van der Waals surface area contributed by atoms with Crippen LogP contribution in [0.2, 0.25) is 0 Å². The van der Waals surface area contributed by atoms with E-state index >= 15 is 0 Å². The fourth-order valence-electron chi connectivity index (χ4n) is 7.28. The fraction of sp³-hybridized carbons (Fsp3) is 0.576. The minimum absolute atomic E-state index is 0.246. The van der Waals surface area contributed by atoms with Gasteiger partial charge in [-0.1, -0.05) is 24.6 Å². The van der Waals surface area contributed by atoms with Crippen LogP contribution in [0.5, 0.6) is 5.75 Å². The number of nitrogens with one attached hydrogen (secondary N) is 1. The summed E-state index contributed by atoms with van der Waals surface area (Å²) < 4.78 is 6.34. The normalized spacial score (nSPS) is 27.6. The zero-order chi connectivity index (χ0) is 28.6. The molecule has 2 aromatic rings. The summed E-state index contributed by atoms with van der Waals surface area (Å²) in [6.45, 7) is 7.71. The number of imide groups is 1. The predicted octanol–water partition coefficient (Wildman–Crippen LogP) is 3.02. The number of ether oxygens (including phenoxy) is 1. The Balaban J connectivity index is 0.936. The largest absolute Gasteiger partial charge is 0.492 e. The average Bonchev–Trinajstić information content (AvgIpc) is 3.81. The number of aliphatic hydroxyl groups excluding tert-OH is 1. The maximum absolute atomic E-state index is 12.4. The number of amides is 2. The molecule has 4 heterocycles. The van der Waals surface area contributed by atoms with E-state index in [9.17, 15) is 14.7 Å². The summed E-state index contributed by atoms with van der Waals surface area (Å²) in [4.78, 5) is 33.5. The molecular weight excluding hydrogens is 530 g/mol. The molecule has 3 atom stereocenters. The molecule has 4 aliphatic heterocycles. The molecule has 0 radical (unpaired) electrons. The second kappa shape index (κ2) is 12.0. The Labute approximate surface area is 248 Å². The summed E-state index contributed by atoms with van der Waals surface area (Å²) in [5.74, 6) is 0.223. The number of piperazine rings is 1. The van der Waals surface area contributed by atoms with Gasteiger partial charge in [0.15, 0.2) is 0 Å². The molecular formula is C33H43N5O4. The number of fused-ring (bicyclic) bond motifs is 1. The molecule has 4 fully saturated rings. The van der Waals surface area contributed by atoms with Crippen LogP contribution in [-0.4, -0.2) is 89.1 Å². The van der Waals surface area contributed by atoms with Crippen molar-refractivity contribution >= 4 is 17.5 Å². The van der Waals surface area contributed by atoms with E-state index in [2.05, 4.69) is 44.3 Å². The molecule has 1 saturated carbocycles. The maximum Gasteiger partial charge on any atom is 0.244 e. The van der Waals surface area contributed by atoms with E-state index in [1.807, 2.05) is 18.2 Å². The van der Waals surface area contributed by atoms with E-state index in [4.69, 9.17) is 4.74 Å². The van der Waals surface area contributed by atoms with Crippen LogP contribution in [0.4, 0.5) is 5.69 Å². The first-order valence-corrected chi connectivity index (χ1v) is 15.9. The quantitative estimate of drug-likeness (QED) is 0.466. The third kappa shape index (κ3) is 5.93. The molecule has 3 saturated heterocycles. The Bertz CT molecular complexity index is 1290. The van der Waals surface area contributed by atoms with Crippen LogP contribution in [0.25, 0.3) is 0 Å². The second-order valence-corrected chi connectivity index (χ2v) is 12.7. The molecule has 1 aliphatic carbocycles.